The molecule has 0 aromatic heterocycles. The van der Waals surface area contributed by atoms with Gasteiger partial charge >= 0.3 is 0 Å². The van der Waals surface area contributed by atoms with Gasteiger partial charge in [-0.1, -0.05) is 65.1 Å². The Morgan fingerprint density at radius 2 is 1.79 bits per heavy atom. The molecule has 0 saturated heterocycles. The monoisotopic (exact) mass is 338 g/mol. The Bertz CT molecular complexity index is 531. The summed E-state index contributed by atoms with van der Waals surface area (Å²) >= 11 is 9.40. The van der Waals surface area contributed by atoms with E-state index in [1.54, 1.807) is 6.07 Å². The molecule has 0 aliphatic carbocycles. The standard InChI is InChI=1S/C16H16BrClO/c1-2-3-11-4-6-12(7-5-11)16(19)13-8-14(17)10-15(18)9-13/h4-10,16,19H,2-3H2,1H3. The Balaban J connectivity index is 2.25. The minimum Gasteiger partial charge on any atom is -0.384 e. The van der Waals surface area contributed by atoms with Gasteiger partial charge in [0.25, 0.3) is 0 Å². The first-order valence-electron chi connectivity index (χ1n) is 6.33. The third kappa shape index (κ3) is 3.82. The van der Waals surface area contributed by atoms with Crippen molar-refractivity contribution in [1.29, 1.82) is 0 Å². The maximum absolute atomic E-state index is 10.4. The van der Waals surface area contributed by atoms with E-state index in [1.165, 1.54) is 5.56 Å². The first-order valence-corrected chi connectivity index (χ1v) is 7.50. The van der Waals surface area contributed by atoms with Gasteiger partial charge in [-0.15, -0.1) is 0 Å². The Hall–Kier alpha value is -0.830. The van der Waals surface area contributed by atoms with Gasteiger partial charge in [0, 0.05) is 9.50 Å². The zero-order valence-electron chi connectivity index (χ0n) is 10.7. The van der Waals surface area contributed by atoms with Gasteiger partial charge in [-0.25, -0.2) is 0 Å². The van der Waals surface area contributed by atoms with Crippen LogP contribution in [-0.2, 0) is 6.42 Å². The van der Waals surface area contributed by atoms with E-state index in [9.17, 15) is 5.11 Å². The van der Waals surface area contributed by atoms with Crippen LogP contribution >= 0.6 is 27.5 Å². The number of rotatable bonds is 4. The van der Waals surface area contributed by atoms with Crippen molar-refractivity contribution in [2.75, 3.05) is 0 Å². The number of aryl methyl sites for hydroxylation is 1. The van der Waals surface area contributed by atoms with Crippen LogP contribution in [0.5, 0.6) is 0 Å². The molecule has 0 bridgehead atoms. The van der Waals surface area contributed by atoms with Crippen LogP contribution in [0.4, 0.5) is 0 Å². The molecule has 0 aliphatic heterocycles. The predicted molar refractivity (Wildman–Crippen MR) is 83.7 cm³/mol. The molecule has 0 spiro atoms. The molecular formula is C16H16BrClO. The predicted octanol–water partition coefficient (Wildman–Crippen LogP) is 5.14. The summed E-state index contributed by atoms with van der Waals surface area (Å²) in [6, 6.07) is 13.6. The van der Waals surface area contributed by atoms with Crippen LogP contribution in [0.25, 0.3) is 0 Å². The zero-order valence-corrected chi connectivity index (χ0v) is 13.1. The lowest BCUT2D eigenvalue weighted by Crippen LogP contribution is -2.00. The largest absolute Gasteiger partial charge is 0.384 e. The van der Waals surface area contributed by atoms with Crippen LogP contribution in [0.15, 0.2) is 46.9 Å². The molecule has 0 amide bonds. The molecule has 1 atom stereocenters. The summed E-state index contributed by atoms with van der Waals surface area (Å²) in [7, 11) is 0. The van der Waals surface area contributed by atoms with Crippen LogP contribution in [0.1, 0.15) is 36.1 Å². The molecule has 1 nitrogen and oxygen atoms in total. The van der Waals surface area contributed by atoms with Crippen molar-refractivity contribution in [3.05, 3.63) is 68.7 Å². The quantitative estimate of drug-likeness (QED) is 0.818. The fourth-order valence-corrected chi connectivity index (χ4v) is 2.97. The normalized spacial score (nSPS) is 12.4. The number of halogens is 2. The van der Waals surface area contributed by atoms with Crippen molar-refractivity contribution in [1.82, 2.24) is 0 Å². The molecule has 1 N–H and O–H groups in total. The smallest absolute Gasteiger partial charge is 0.104 e. The van der Waals surface area contributed by atoms with Gasteiger partial charge in [0.1, 0.15) is 6.10 Å². The van der Waals surface area contributed by atoms with Crippen molar-refractivity contribution in [2.24, 2.45) is 0 Å². The van der Waals surface area contributed by atoms with Crippen LogP contribution in [0, 0.1) is 0 Å². The van der Waals surface area contributed by atoms with Gasteiger partial charge in [0.05, 0.1) is 0 Å². The summed E-state index contributed by atoms with van der Waals surface area (Å²) in [6.45, 7) is 2.16. The van der Waals surface area contributed by atoms with E-state index in [1.807, 2.05) is 24.3 Å². The molecule has 2 aromatic carbocycles. The summed E-state index contributed by atoms with van der Waals surface area (Å²) in [5.74, 6) is 0. The molecular weight excluding hydrogens is 324 g/mol. The Labute approximate surface area is 127 Å². The van der Waals surface area contributed by atoms with E-state index in [-0.39, 0.29) is 0 Å². The van der Waals surface area contributed by atoms with Gasteiger partial charge in [-0.05, 0) is 41.3 Å². The number of benzene rings is 2. The van der Waals surface area contributed by atoms with Gasteiger partial charge < -0.3 is 5.11 Å². The highest BCUT2D eigenvalue weighted by atomic mass is 79.9. The second kappa shape index (κ2) is 6.56. The van der Waals surface area contributed by atoms with E-state index in [4.69, 9.17) is 11.6 Å². The van der Waals surface area contributed by atoms with Crippen LogP contribution in [0.3, 0.4) is 0 Å². The van der Waals surface area contributed by atoms with Gasteiger partial charge in [-0.2, -0.15) is 0 Å². The average Bonchev–Trinajstić information content (AvgIpc) is 2.38. The molecule has 2 rings (SSSR count). The summed E-state index contributed by atoms with van der Waals surface area (Å²) in [6.07, 6.45) is 1.55. The van der Waals surface area contributed by atoms with E-state index < -0.39 is 6.10 Å². The SMILES string of the molecule is CCCc1ccc(C(O)c2cc(Cl)cc(Br)c2)cc1. The Morgan fingerprint density at radius 1 is 1.11 bits per heavy atom. The fourth-order valence-electron chi connectivity index (χ4n) is 2.08. The highest BCUT2D eigenvalue weighted by Crippen LogP contribution is 2.28. The van der Waals surface area contributed by atoms with Crippen molar-refractivity contribution < 1.29 is 5.11 Å². The molecule has 0 heterocycles. The van der Waals surface area contributed by atoms with Crippen molar-refractivity contribution in [3.8, 4) is 0 Å². The van der Waals surface area contributed by atoms with E-state index in [0.717, 1.165) is 28.4 Å². The Kier molecular flexibility index (Phi) is 5.03. The minimum absolute atomic E-state index is 0.617. The third-order valence-corrected chi connectivity index (χ3v) is 3.71. The second-order valence-electron chi connectivity index (χ2n) is 4.60. The zero-order chi connectivity index (χ0) is 13.8. The van der Waals surface area contributed by atoms with Crippen LogP contribution < -0.4 is 0 Å². The van der Waals surface area contributed by atoms with E-state index in [2.05, 4.69) is 35.0 Å². The lowest BCUT2D eigenvalue weighted by atomic mass is 9.99. The summed E-state index contributed by atoms with van der Waals surface area (Å²) in [4.78, 5) is 0. The third-order valence-electron chi connectivity index (χ3n) is 3.03. The van der Waals surface area contributed by atoms with Crippen molar-refractivity contribution in [2.45, 2.75) is 25.9 Å². The average molecular weight is 340 g/mol. The Morgan fingerprint density at radius 3 is 2.37 bits per heavy atom. The highest BCUT2D eigenvalue weighted by Gasteiger charge is 2.11. The molecule has 3 heteroatoms. The molecule has 100 valence electrons. The van der Waals surface area contributed by atoms with E-state index in [0.29, 0.717) is 5.02 Å². The summed E-state index contributed by atoms with van der Waals surface area (Å²) < 4.78 is 0.872. The summed E-state index contributed by atoms with van der Waals surface area (Å²) in [5, 5.41) is 11.0. The molecule has 0 fully saturated rings. The minimum atomic E-state index is -0.648. The highest BCUT2D eigenvalue weighted by molar-refractivity contribution is 9.10. The first-order chi connectivity index (χ1) is 9.10. The lowest BCUT2D eigenvalue weighted by molar-refractivity contribution is 0.220. The second-order valence-corrected chi connectivity index (χ2v) is 5.95. The first kappa shape index (κ1) is 14.6. The molecule has 2 aromatic rings. The maximum Gasteiger partial charge on any atom is 0.104 e. The number of aliphatic hydroxyl groups is 1. The number of hydrogen-bond donors (Lipinski definition) is 1. The van der Waals surface area contributed by atoms with Crippen LogP contribution in [-0.4, -0.2) is 5.11 Å². The molecule has 0 saturated carbocycles. The lowest BCUT2D eigenvalue weighted by Gasteiger charge is -2.13. The van der Waals surface area contributed by atoms with Gasteiger partial charge in [0.15, 0.2) is 0 Å². The molecule has 1 unspecified atom stereocenters. The molecule has 0 radical (unpaired) electrons. The van der Waals surface area contributed by atoms with Crippen LogP contribution in [0.2, 0.25) is 5.02 Å². The summed E-state index contributed by atoms with van der Waals surface area (Å²) in [5.41, 5.74) is 2.97. The van der Waals surface area contributed by atoms with E-state index >= 15 is 0 Å². The molecule has 19 heavy (non-hydrogen) atoms. The van der Waals surface area contributed by atoms with Gasteiger partial charge in [-0.3, -0.25) is 0 Å². The number of aliphatic hydroxyl groups excluding tert-OH is 1. The number of hydrogen-bond acceptors (Lipinski definition) is 1. The van der Waals surface area contributed by atoms with Crippen molar-refractivity contribution in [3.63, 3.8) is 0 Å². The fraction of sp³-hybridized carbons (Fsp3) is 0.250. The van der Waals surface area contributed by atoms with Gasteiger partial charge in [0.2, 0.25) is 0 Å². The van der Waals surface area contributed by atoms with Crippen molar-refractivity contribution >= 4 is 27.5 Å². The maximum atomic E-state index is 10.4. The topological polar surface area (TPSA) is 20.2 Å². The molecule has 0 aliphatic rings.